The predicted octanol–water partition coefficient (Wildman–Crippen LogP) is 1.94. The molecule has 5 nitrogen and oxygen atoms in total. The number of aliphatic hydroxyl groups is 1. The number of methoxy groups -OCH3 is 1. The van der Waals surface area contributed by atoms with Crippen molar-refractivity contribution in [3.8, 4) is 0 Å². The zero-order valence-corrected chi connectivity index (χ0v) is 13.0. The number of hydrogen-bond acceptors (Lipinski definition) is 4. The summed E-state index contributed by atoms with van der Waals surface area (Å²) in [5.74, 6) is -0.0176. The third kappa shape index (κ3) is 4.74. The van der Waals surface area contributed by atoms with E-state index in [1.54, 1.807) is 13.1 Å². The normalized spacial score (nSPS) is 12.6. The molecular weight excluding hydrogens is 280 g/mol. The molecule has 1 aromatic rings. The van der Waals surface area contributed by atoms with E-state index in [9.17, 15) is 9.90 Å². The summed E-state index contributed by atoms with van der Waals surface area (Å²) in [4.78, 5) is 17.9. The molecule has 1 atom stereocenters. The van der Waals surface area contributed by atoms with Crippen molar-refractivity contribution in [1.82, 2.24) is 9.88 Å². The molecule has 0 aliphatic heterocycles. The summed E-state index contributed by atoms with van der Waals surface area (Å²) in [6.45, 7) is 4.35. The van der Waals surface area contributed by atoms with Crippen LogP contribution in [0.15, 0.2) is 12.1 Å². The molecule has 0 radical (unpaired) electrons. The Hall–Kier alpha value is -1.17. The average molecular weight is 301 g/mol. The molecule has 1 aromatic heterocycles. The summed E-state index contributed by atoms with van der Waals surface area (Å²) in [7, 11) is 3.13. The molecule has 0 aliphatic rings. The minimum atomic E-state index is -0.712. The Morgan fingerprint density at radius 2 is 2.15 bits per heavy atom. The van der Waals surface area contributed by atoms with Gasteiger partial charge in [-0.2, -0.15) is 0 Å². The highest BCUT2D eigenvalue weighted by Crippen LogP contribution is 2.18. The van der Waals surface area contributed by atoms with Crippen molar-refractivity contribution in [3.05, 3.63) is 28.5 Å². The van der Waals surface area contributed by atoms with Crippen LogP contribution >= 0.6 is 11.6 Å². The topological polar surface area (TPSA) is 62.7 Å². The number of carbonyl (C=O) groups excluding carboxylic acids is 1. The van der Waals surface area contributed by atoms with Gasteiger partial charge >= 0.3 is 0 Å². The molecule has 0 bridgehead atoms. The first-order valence-corrected chi connectivity index (χ1v) is 6.83. The summed E-state index contributed by atoms with van der Waals surface area (Å²) < 4.78 is 4.84. The van der Waals surface area contributed by atoms with Crippen molar-refractivity contribution in [1.29, 1.82) is 0 Å². The minimum Gasteiger partial charge on any atom is -0.389 e. The summed E-state index contributed by atoms with van der Waals surface area (Å²) in [6.07, 6.45) is -0.712. The molecule has 0 aliphatic carbocycles. The zero-order chi connectivity index (χ0) is 15.3. The number of aliphatic hydroxyl groups excluding tert-OH is 1. The summed E-state index contributed by atoms with van der Waals surface area (Å²) in [5, 5.41) is 9.95. The lowest BCUT2D eigenvalue weighted by atomic mass is 10.1. The number of rotatable bonds is 6. The lowest BCUT2D eigenvalue weighted by Gasteiger charge is -2.21. The number of pyridine rings is 1. The summed E-state index contributed by atoms with van der Waals surface area (Å²) in [5.41, 5.74) is 1.24. The number of halogens is 1. The molecule has 1 rings (SSSR count). The zero-order valence-electron chi connectivity index (χ0n) is 12.3. The van der Waals surface area contributed by atoms with Crippen molar-refractivity contribution >= 4 is 17.5 Å². The Labute approximate surface area is 124 Å². The molecule has 0 saturated carbocycles. The summed E-state index contributed by atoms with van der Waals surface area (Å²) in [6, 6.07) is 3.27. The van der Waals surface area contributed by atoms with Crippen molar-refractivity contribution in [2.45, 2.75) is 25.9 Å². The highest BCUT2D eigenvalue weighted by atomic mass is 35.5. The molecule has 1 amide bonds. The van der Waals surface area contributed by atoms with E-state index in [1.165, 1.54) is 18.1 Å². The first-order chi connectivity index (χ1) is 9.35. The van der Waals surface area contributed by atoms with Crippen LogP contribution in [0.5, 0.6) is 0 Å². The fourth-order valence-corrected chi connectivity index (χ4v) is 2.02. The number of likely N-dealkylation sites (N-methyl/N-ethyl adjacent to an activating group) is 1. The maximum atomic E-state index is 12.3. The van der Waals surface area contributed by atoms with Crippen molar-refractivity contribution < 1.29 is 14.6 Å². The first kappa shape index (κ1) is 16.9. The van der Waals surface area contributed by atoms with Crippen molar-refractivity contribution in [2.24, 2.45) is 0 Å². The van der Waals surface area contributed by atoms with Crippen LogP contribution in [-0.4, -0.2) is 54.3 Å². The van der Waals surface area contributed by atoms with Gasteiger partial charge in [-0.1, -0.05) is 25.4 Å². The molecular formula is C14H21ClN2O3. The van der Waals surface area contributed by atoms with Crippen LogP contribution < -0.4 is 0 Å². The van der Waals surface area contributed by atoms with Gasteiger partial charge in [0.2, 0.25) is 0 Å². The lowest BCUT2D eigenvalue weighted by molar-refractivity contribution is 0.0380. The summed E-state index contributed by atoms with van der Waals surface area (Å²) >= 11 is 5.95. The number of amides is 1. The van der Waals surface area contributed by atoms with E-state index < -0.39 is 6.10 Å². The van der Waals surface area contributed by atoms with Crippen LogP contribution in [0.25, 0.3) is 0 Å². The van der Waals surface area contributed by atoms with Gasteiger partial charge in [0, 0.05) is 32.0 Å². The largest absolute Gasteiger partial charge is 0.389 e. The highest BCUT2D eigenvalue weighted by molar-refractivity contribution is 6.29. The van der Waals surface area contributed by atoms with Gasteiger partial charge in [0.05, 0.1) is 12.7 Å². The average Bonchev–Trinajstić information content (AvgIpc) is 2.37. The monoisotopic (exact) mass is 300 g/mol. The van der Waals surface area contributed by atoms with Crippen molar-refractivity contribution in [3.63, 3.8) is 0 Å². The Balaban J connectivity index is 2.86. The van der Waals surface area contributed by atoms with Crippen LogP contribution in [0.3, 0.4) is 0 Å². The van der Waals surface area contributed by atoms with Gasteiger partial charge in [0.15, 0.2) is 0 Å². The molecule has 1 heterocycles. The minimum absolute atomic E-state index is 0.185. The quantitative estimate of drug-likeness (QED) is 0.816. The van der Waals surface area contributed by atoms with E-state index in [2.05, 4.69) is 4.98 Å². The predicted molar refractivity (Wildman–Crippen MR) is 78.2 cm³/mol. The van der Waals surface area contributed by atoms with Crippen LogP contribution in [0, 0.1) is 0 Å². The van der Waals surface area contributed by atoms with Gasteiger partial charge < -0.3 is 14.7 Å². The van der Waals surface area contributed by atoms with E-state index in [0.717, 1.165) is 5.69 Å². The standard InChI is InChI=1S/C14H21ClN2O3/c1-9(2)12-5-10(6-13(15)16-12)14(19)17(3)7-11(18)8-20-4/h5-6,9,11,18H,7-8H2,1-4H3. The van der Waals surface area contributed by atoms with Gasteiger partial charge in [-0.05, 0) is 18.1 Å². The number of carbonyl (C=O) groups is 1. The van der Waals surface area contributed by atoms with Gasteiger partial charge in [0.1, 0.15) is 5.15 Å². The van der Waals surface area contributed by atoms with E-state index >= 15 is 0 Å². The lowest BCUT2D eigenvalue weighted by Crippen LogP contribution is -2.36. The van der Waals surface area contributed by atoms with Gasteiger partial charge in [-0.15, -0.1) is 0 Å². The maximum absolute atomic E-state index is 12.3. The number of aromatic nitrogens is 1. The molecule has 20 heavy (non-hydrogen) atoms. The molecule has 0 aromatic carbocycles. The van der Waals surface area contributed by atoms with E-state index in [4.69, 9.17) is 16.3 Å². The number of hydrogen-bond donors (Lipinski definition) is 1. The molecule has 1 unspecified atom stereocenters. The second-order valence-electron chi connectivity index (χ2n) is 5.05. The number of ether oxygens (including phenoxy) is 1. The van der Waals surface area contributed by atoms with E-state index in [1.807, 2.05) is 13.8 Å². The molecule has 0 saturated heterocycles. The highest BCUT2D eigenvalue weighted by Gasteiger charge is 2.17. The van der Waals surface area contributed by atoms with Gasteiger partial charge in [0.25, 0.3) is 5.91 Å². The van der Waals surface area contributed by atoms with E-state index in [0.29, 0.717) is 10.7 Å². The van der Waals surface area contributed by atoms with E-state index in [-0.39, 0.29) is 25.0 Å². The second-order valence-corrected chi connectivity index (χ2v) is 5.44. The smallest absolute Gasteiger partial charge is 0.253 e. The second kappa shape index (κ2) is 7.57. The Morgan fingerprint density at radius 1 is 1.50 bits per heavy atom. The Morgan fingerprint density at radius 3 is 2.70 bits per heavy atom. The maximum Gasteiger partial charge on any atom is 0.253 e. The molecule has 0 fully saturated rings. The van der Waals surface area contributed by atoms with Crippen LogP contribution in [0.2, 0.25) is 5.15 Å². The SMILES string of the molecule is COCC(O)CN(C)C(=O)c1cc(Cl)nc(C(C)C)c1. The van der Waals surface area contributed by atoms with Gasteiger partial charge in [-0.25, -0.2) is 4.98 Å². The van der Waals surface area contributed by atoms with Crippen LogP contribution in [-0.2, 0) is 4.74 Å². The third-order valence-corrected chi connectivity index (χ3v) is 3.04. The van der Waals surface area contributed by atoms with Crippen molar-refractivity contribution in [2.75, 3.05) is 27.3 Å². The van der Waals surface area contributed by atoms with Crippen LogP contribution in [0.4, 0.5) is 0 Å². The molecule has 0 spiro atoms. The Bertz CT molecular complexity index is 466. The molecule has 1 N–H and O–H groups in total. The van der Waals surface area contributed by atoms with Crippen LogP contribution in [0.1, 0.15) is 35.8 Å². The molecule has 112 valence electrons. The number of nitrogens with zero attached hydrogens (tertiary/aromatic N) is 2. The fourth-order valence-electron chi connectivity index (χ4n) is 1.80. The molecule has 6 heteroatoms. The fraction of sp³-hybridized carbons (Fsp3) is 0.571. The van der Waals surface area contributed by atoms with Gasteiger partial charge in [-0.3, -0.25) is 4.79 Å². The third-order valence-electron chi connectivity index (χ3n) is 2.84. The first-order valence-electron chi connectivity index (χ1n) is 6.45. The Kier molecular flexibility index (Phi) is 6.39.